The van der Waals surface area contributed by atoms with Crippen LogP contribution in [-0.2, 0) is 12.0 Å². The van der Waals surface area contributed by atoms with Crippen molar-refractivity contribution in [3.05, 3.63) is 82.3 Å². The van der Waals surface area contributed by atoms with Gasteiger partial charge in [-0.25, -0.2) is 4.79 Å². The number of aromatic carboxylic acids is 1. The zero-order chi connectivity index (χ0) is 20.4. The van der Waals surface area contributed by atoms with E-state index >= 15 is 0 Å². The van der Waals surface area contributed by atoms with Crippen molar-refractivity contribution in [2.45, 2.75) is 37.6 Å². The number of carboxylic acids is 1. The first-order valence-electron chi connectivity index (χ1n) is 9.68. The molecule has 0 radical (unpaired) electrons. The van der Waals surface area contributed by atoms with Crippen LogP contribution in [0.3, 0.4) is 0 Å². The molecule has 1 aliphatic carbocycles. The highest BCUT2D eigenvalue weighted by molar-refractivity contribution is 5.85. The maximum atomic E-state index is 11.8. The molecule has 3 aromatic rings. The summed E-state index contributed by atoms with van der Waals surface area (Å²) < 4.78 is 1.40. The second-order valence-corrected chi connectivity index (χ2v) is 7.63. The summed E-state index contributed by atoms with van der Waals surface area (Å²) >= 11 is 0. The highest BCUT2D eigenvalue weighted by atomic mass is 16.4. The van der Waals surface area contributed by atoms with Crippen molar-refractivity contribution in [2.24, 2.45) is 0 Å². The highest BCUT2D eigenvalue weighted by Crippen LogP contribution is 2.43. The van der Waals surface area contributed by atoms with Gasteiger partial charge < -0.3 is 10.2 Å². The summed E-state index contributed by atoms with van der Waals surface area (Å²) in [5.41, 5.74) is 1.57. The van der Waals surface area contributed by atoms with Crippen LogP contribution in [0, 0.1) is 0 Å². The molecule has 148 valence electrons. The number of carbonyl (C=O) groups is 1. The molecule has 0 saturated heterocycles. The SMILES string of the molecule is O=C(O)c1nn(CC2(c3cccc(-c4ccccc4)c3)CCCC2)cc(O)c1=O. The molecular formula is C23H22N2O4. The predicted molar refractivity (Wildman–Crippen MR) is 109 cm³/mol. The molecule has 6 nitrogen and oxygen atoms in total. The van der Waals surface area contributed by atoms with Crippen LogP contribution in [0.2, 0.25) is 0 Å². The lowest BCUT2D eigenvalue weighted by molar-refractivity contribution is 0.0684. The fraction of sp³-hybridized carbons (Fsp3) is 0.261. The van der Waals surface area contributed by atoms with Gasteiger partial charge in [0.2, 0.25) is 5.69 Å². The van der Waals surface area contributed by atoms with Gasteiger partial charge in [-0.1, -0.05) is 67.4 Å². The Hall–Kier alpha value is -3.41. The van der Waals surface area contributed by atoms with Crippen LogP contribution in [0.25, 0.3) is 11.1 Å². The standard InChI is InChI=1S/C23H22N2O4/c26-19-14-25(24-20(21(19)27)22(28)29)15-23(11-4-5-12-23)18-10-6-9-17(13-18)16-7-2-1-3-8-16/h1-3,6-10,13-14,26H,4-5,11-12,15H2,(H,28,29). The van der Waals surface area contributed by atoms with E-state index in [0.29, 0.717) is 6.54 Å². The average molecular weight is 390 g/mol. The Balaban J connectivity index is 1.75. The maximum Gasteiger partial charge on any atom is 0.360 e. The van der Waals surface area contributed by atoms with Gasteiger partial charge in [-0.15, -0.1) is 0 Å². The highest BCUT2D eigenvalue weighted by Gasteiger charge is 2.37. The van der Waals surface area contributed by atoms with Crippen molar-refractivity contribution in [1.82, 2.24) is 9.78 Å². The number of rotatable bonds is 5. The summed E-state index contributed by atoms with van der Waals surface area (Å²) in [7, 11) is 0. The lowest BCUT2D eigenvalue weighted by atomic mass is 9.78. The third kappa shape index (κ3) is 3.66. The summed E-state index contributed by atoms with van der Waals surface area (Å²) in [6.45, 7) is 0.402. The van der Waals surface area contributed by atoms with E-state index in [2.05, 4.69) is 35.4 Å². The number of nitrogens with zero attached hydrogens (tertiary/aromatic N) is 2. The maximum absolute atomic E-state index is 11.8. The van der Waals surface area contributed by atoms with Crippen molar-refractivity contribution in [2.75, 3.05) is 0 Å². The normalized spacial score (nSPS) is 15.3. The number of hydrogen-bond acceptors (Lipinski definition) is 4. The molecule has 0 amide bonds. The van der Waals surface area contributed by atoms with Gasteiger partial charge in [0.05, 0.1) is 12.7 Å². The van der Waals surface area contributed by atoms with Gasteiger partial charge in [-0.05, 0) is 29.5 Å². The molecule has 2 aromatic carbocycles. The van der Waals surface area contributed by atoms with E-state index in [1.165, 1.54) is 10.9 Å². The van der Waals surface area contributed by atoms with Crippen LogP contribution in [0.1, 0.15) is 41.7 Å². The Bertz CT molecular complexity index is 1100. The molecule has 0 spiro atoms. The fourth-order valence-corrected chi connectivity index (χ4v) is 4.30. The van der Waals surface area contributed by atoms with Crippen LogP contribution in [-0.4, -0.2) is 26.0 Å². The number of aromatic nitrogens is 2. The molecule has 1 aromatic heterocycles. The summed E-state index contributed by atoms with van der Waals surface area (Å²) in [6.07, 6.45) is 5.22. The number of carboxylic acid groups (broad SMARTS) is 1. The molecule has 1 saturated carbocycles. The molecule has 0 unspecified atom stereocenters. The third-order valence-electron chi connectivity index (χ3n) is 5.76. The molecule has 2 N–H and O–H groups in total. The Kier molecular flexibility index (Phi) is 4.92. The van der Waals surface area contributed by atoms with Gasteiger partial charge in [0.15, 0.2) is 5.75 Å². The fourth-order valence-electron chi connectivity index (χ4n) is 4.30. The van der Waals surface area contributed by atoms with E-state index in [0.717, 1.165) is 42.4 Å². The van der Waals surface area contributed by atoms with E-state index in [4.69, 9.17) is 0 Å². The average Bonchev–Trinajstić information content (AvgIpc) is 3.21. The van der Waals surface area contributed by atoms with Crippen LogP contribution in [0.5, 0.6) is 5.75 Å². The molecule has 0 aliphatic heterocycles. The lowest BCUT2D eigenvalue weighted by Crippen LogP contribution is -2.31. The van der Waals surface area contributed by atoms with Gasteiger partial charge in [-0.2, -0.15) is 5.10 Å². The molecule has 1 heterocycles. The Labute approximate surface area is 168 Å². The first-order valence-corrected chi connectivity index (χ1v) is 9.68. The summed E-state index contributed by atoms with van der Waals surface area (Å²) in [6, 6.07) is 18.5. The second kappa shape index (κ2) is 7.54. The number of hydrogen-bond donors (Lipinski definition) is 2. The van der Waals surface area contributed by atoms with Crippen molar-refractivity contribution in [3.8, 4) is 16.9 Å². The number of benzene rings is 2. The molecule has 1 aliphatic rings. The van der Waals surface area contributed by atoms with E-state index in [1.54, 1.807) is 0 Å². The minimum absolute atomic E-state index is 0.227. The Morgan fingerprint density at radius 2 is 1.72 bits per heavy atom. The first kappa shape index (κ1) is 18.9. The Morgan fingerprint density at radius 1 is 1.03 bits per heavy atom. The van der Waals surface area contributed by atoms with E-state index in [1.807, 2.05) is 24.3 Å². The molecule has 0 bridgehead atoms. The second-order valence-electron chi connectivity index (χ2n) is 7.63. The summed E-state index contributed by atoms with van der Waals surface area (Å²) in [5, 5.41) is 23.1. The van der Waals surface area contributed by atoms with Gasteiger partial charge in [0, 0.05) is 5.41 Å². The van der Waals surface area contributed by atoms with Gasteiger partial charge in [0.25, 0.3) is 5.43 Å². The topological polar surface area (TPSA) is 92.4 Å². The lowest BCUT2D eigenvalue weighted by Gasteiger charge is -2.30. The van der Waals surface area contributed by atoms with E-state index in [-0.39, 0.29) is 5.41 Å². The molecule has 1 fully saturated rings. The van der Waals surface area contributed by atoms with Crippen molar-refractivity contribution in [3.63, 3.8) is 0 Å². The largest absolute Gasteiger partial charge is 0.503 e. The van der Waals surface area contributed by atoms with Crippen molar-refractivity contribution in [1.29, 1.82) is 0 Å². The van der Waals surface area contributed by atoms with E-state index in [9.17, 15) is 19.8 Å². The quantitative estimate of drug-likeness (QED) is 0.691. The molecule has 6 heteroatoms. The van der Waals surface area contributed by atoms with Crippen molar-refractivity contribution < 1.29 is 15.0 Å². The van der Waals surface area contributed by atoms with Gasteiger partial charge in [0.1, 0.15) is 0 Å². The van der Waals surface area contributed by atoms with Crippen LogP contribution >= 0.6 is 0 Å². The molecule has 4 rings (SSSR count). The smallest absolute Gasteiger partial charge is 0.360 e. The third-order valence-corrected chi connectivity index (χ3v) is 5.76. The van der Waals surface area contributed by atoms with Crippen molar-refractivity contribution >= 4 is 5.97 Å². The first-order chi connectivity index (χ1) is 14.0. The minimum Gasteiger partial charge on any atom is -0.503 e. The zero-order valence-corrected chi connectivity index (χ0v) is 15.9. The zero-order valence-electron chi connectivity index (χ0n) is 15.9. The molecule has 29 heavy (non-hydrogen) atoms. The minimum atomic E-state index is -1.44. The van der Waals surface area contributed by atoms with Crippen LogP contribution in [0.4, 0.5) is 0 Å². The van der Waals surface area contributed by atoms with Gasteiger partial charge in [-0.3, -0.25) is 9.48 Å². The summed E-state index contributed by atoms with van der Waals surface area (Å²) in [5.74, 6) is -2.03. The molecular weight excluding hydrogens is 368 g/mol. The summed E-state index contributed by atoms with van der Waals surface area (Å²) in [4.78, 5) is 23.2. The number of aromatic hydroxyl groups is 1. The van der Waals surface area contributed by atoms with Crippen LogP contribution < -0.4 is 5.43 Å². The van der Waals surface area contributed by atoms with Gasteiger partial charge >= 0.3 is 5.97 Å². The van der Waals surface area contributed by atoms with Crippen LogP contribution in [0.15, 0.2) is 65.6 Å². The molecule has 0 atom stereocenters. The monoisotopic (exact) mass is 390 g/mol. The Morgan fingerprint density at radius 3 is 2.41 bits per heavy atom. The van der Waals surface area contributed by atoms with E-state index < -0.39 is 22.8 Å². The predicted octanol–water partition coefficient (Wildman–Crippen LogP) is 3.83.